The molecule has 0 bridgehead atoms. The Morgan fingerprint density at radius 1 is 1.50 bits per heavy atom. The second-order valence-electron chi connectivity index (χ2n) is 3.28. The topological polar surface area (TPSA) is 75.3 Å². The number of rotatable bonds is 4. The van der Waals surface area contributed by atoms with Crippen molar-refractivity contribution in [3.63, 3.8) is 0 Å². The molecule has 0 radical (unpaired) electrons. The van der Waals surface area contributed by atoms with E-state index in [2.05, 4.69) is 4.72 Å². The monoisotopic (exact) mass is 192 g/mol. The van der Waals surface area contributed by atoms with Crippen LogP contribution in [0.2, 0.25) is 0 Å². The lowest BCUT2D eigenvalue weighted by Crippen LogP contribution is -2.29. The second kappa shape index (κ2) is 4.91. The van der Waals surface area contributed by atoms with E-state index >= 15 is 0 Å². The van der Waals surface area contributed by atoms with Crippen molar-refractivity contribution in [2.75, 3.05) is 13.1 Å². The summed E-state index contributed by atoms with van der Waals surface area (Å²) in [6.45, 7) is 1.31. The largest absolute Gasteiger partial charge is 0.330 e. The molecule has 4 nitrogen and oxygen atoms in total. The minimum atomic E-state index is -1.87. The predicted octanol–water partition coefficient (Wildman–Crippen LogP) is 0.0877. The van der Waals surface area contributed by atoms with E-state index in [9.17, 15) is 4.21 Å². The predicted molar refractivity (Wildman–Crippen MR) is 48.7 cm³/mol. The molecule has 1 fully saturated rings. The van der Waals surface area contributed by atoms with Crippen LogP contribution in [0.1, 0.15) is 19.3 Å². The van der Waals surface area contributed by atoms with Gasteiger partial charge in [0.15, 0.2) is 0 Å². The van der Waals surface area contributed by atoms with Gasteiger partial charge in [0.1, 0.15) is 0 Å². The SMILES string of the molecule is NCC1CCCC1CNS(=O)O. The van der Waals surface area contributed by atoms with Crippen molar-refractivity contribution >= 4 is 11.3 Å². The van der Waals surface area contributed by atoms with Crippen LogP contribution in [0.3, 0.4) is 0 Å². The maximum Gasteiger partial charge on any atom is 0.231 e. The molecule has 0 heterocycles. The molecular formula is C7H16N2O2S. The smallest absolute Gasteiger partial charge is 0.231 e. The Hall–Kier alpha value is 0.0300. The van der Waals surface area contributed by atoms with E-state index in [0.717, 1.165) is 6.42 Å². The average Bonchev–Trinajstić information content (AvgIpc) is 2.47. The zero-order valence-corrected chi connectivity index (χ0v) is 7.85. The highest BCUT2D eigenvalue weighted by Gasteiger charge is 2.25. The minimum absolute atomic E-state index is 0.492. The summed E-state index contributed by atoms with van der Waals surface area (Å²) < 4.78 is 21.3. The highest BCUT2D eigenvalue weighted by atomic mass is 32.2. The standard InChI is InChI=1S/C7H16N2O2S/c8-4-6-2-1-3-7(6)5-9-12(10)11/h6-7,9H,1-5,8H2,(H,10,11). The number of nitrogens with two attached hydrogens (primary N) is 1. The molecule has 1 saturated carbocycles. The third-order valence-electron chi connectivity index (χ3n) is 2.59. The summed E-state index contributed by atoms with van der Waals surface area (Å²) in [6, 6.07) is 0. The summed E-state index contributed by atoms with van der Waals surface area (Å²) in [5.41, 5.74) is 5.56. The van der Waals surface area contributed by atoms with Gasteiger partial charge in [-0.25, -0.2) is 8.93 Å². The Morgan fingerprint density at radius 3 is 2.75 bits per heavy atom. The summed E-state index contributed by atoms with van der Waals surface area (Å²) in [6.07, 6.45) is 3.50. The maximum absolute atomic E-state index is 10.3. The Balaban J connectivity index is 2.26. The van der Waals surface area contributed by atoms with E-state index < -0.39 is 11.3 Å². The third kappa shape index (κ3) is 2.82. The van der Waals surface area contributed by atoms with Gasteiger partial charge in [-0.2, -0.15) is 0 Å². The van der Waals surface area contributed by atoms with Crippen LogP contribution in [0, 0.1) is 11.8 Å². The first-order valence-corrected chi connectivity index (χ1v) is 5.39. The molecule has 3 unspecified atom stereocenters. The van der Waals surface area contributed by atoms with E-state index in [4.69, 9.17) is 10.3 Å². The minimum Gasteiger partial charge on any atom is -0.330 e. The highest BCUT2D eigenvalue weighted by Crippen LogP contribution is 2.30. The van der Waals surface area contributed by atoms with Gasteiger partial charge in [-0.3, -0.25) is 4.55 Å². The van der Waals surface area contributed by atoms with Crippen LogP contribution in [0.15, 0.2) is 0 Å². The van der Waals surface area contributed by atoms with Crippen LogP contribution in [0.5, 0.6) is 0 Å². The zero-order chi connectivity index (χ0) is 8.97. The van der Waals surface area contributed by atoms with Crippen LogP contribution >= 0.6 is 0 Å². The average molecular weight is 192 g/mol. The van der Waals surface area contributed by atoms with Crippen molar-refractivity contribution in [2.45, 2.75) is 19.3 Å². The maximum atomic E-state index is 10.3. The van der Waals surface area contributed by atoms with Gasteiger partial charge in [0.2, 0.25) is 11.3 Å². The van der Waals surface area contributed by atoms with Gasteiger partial charge < -0.3 is 5.73 Å². The molecule has 12 heavy (non-hydrogen) atoms. The van der Waals surface area contributed by atoms with Gasteiger partial charge >= 0.3 is 0 Å². The fourth-order valence-electron chi connectivity index (χ4n) is 1.87. The molecule has 0 amide bonds. The molecule has 3 atom stereocenters. The van der Waals surface area contributed by atoms with Gasteiger partial charge in [-0.05, 0) is 31.2 Å². The van der Waals surface area contributed by atoms with E-state index in [1.807, 2.05) is 0 Å². The summed E-state index contributed by atoms with van der Waals surface area (Å²) in [7, 11) is 0. The van der Waals surface area contributed by atoms with Crippen molar-refractivity contribution in [2.24, 2.45) is 17.6 Å². The quantitative estimate of drug-likeness (QED) is 0.552. The van der Waals surface area contributed by atoms with Crippen molar-refractivity contribution in [3.8, 4) is 0 Å². The molecule has 1 aliphatic carbocycles. The molecule has 1 rings (SSSR count). The Kier molecular flexibility index (Phi) is 4.14. The molecule has 0 aromatic heterocycles. The van der Waals surface area contributed by atoms with Crippen LogP contribution in [-0.2, 0) is 11.3 Å². The second-order valence-corrected chi connectivity index (χ2v) is 4.07. The Morgan fingerprint density at radius 2 is 2.17 bits per heavy atom. The van der Waals surface area contributed by atoms with Gasteiger partial charge in [-0.1, -0.05) is 6.42 Å². The highest BCUT2D eigenvalue weighted by molar-refractivity contribution is 7.77. The lowest BCUT2D eigenvalue weighted by Gasteiger charge is -2.16. The normalized spacial score (nSPS) is 32.2. The van der Waals surface area contributed by atoms with Crippen LogP contribution in [0.4, 0.5) is 0 Å². The fourth-order valence-corrected chi connectivity index (χ4v) is 2.23. The van der Waals surface area contributed by atoms with Crippen molar-refractivity contribution < 1.29 is 8.76 Å². The van der Waals surface area contributed by atoms with Gasteiger partial charge in [0.05, 0.1) is 0 Å². The molecular weight excluding hydrogens is 176 g/mol. The lowest BCUT2D eigenvalue weighted by atomic mass is 9.97. The number of nitrogens with one attached hydrogen (secondary N) is 1. The molecule has 0 aromatic carbocycles. The van der Waals surface area contributed by atoms with Gasteiger partial charge in [-0.15, -0.1) is 0 Å². The third-order valence-corrected chi connectivity index (χ3v) is 3.00. The first-order valence-electron chi connectivity index (χ1n) is 4.28. The Bertz CT molecular complexity index is 165. The number of hydrogen-bond donors (Lipinski definition) is 3. The van der Waals surface area contributed by atoms with Crippen molar-refractivity contribution in [1.82, 2.24) is 4.72 Å². The van der Waals surface area contributed by atoms with Gasteiger partial charge in [0.25, 0.3) is 0 Å². The van der Waals surface area contributed by atoms with E-state index in [1.165, 1.54) is 12.8 Å². The summed E-state index contributed by atoms with van der Waals surface area (Å²) in [5.74, 6) is 1.03. The summed E-state index contributed by atoms with van der Waals surface area (Å²) in [5, 5.41) is 0. The first kappa shape index (κ1) is 10.1. The van der Waals surface area contributed by atoms with Crippen molar-refractivity contribution in [3.05, 3.63) is 0 Å². The molecule has 4 N–H and O–H groups in total. The number of hydrogen-bond acceptors (Lipinski definition) is 2. The fraction of sp³-hybridized carbons (Fsp3) is 1.00. The van der Waals surface area contributed by atoms with Crippen LogP contribution < -0.4 is 10.5 Å². The molecule has 0 spiro atoms. The van der Waals surface area contributed by atoms with E-state index in [0.29, 0.717) is 24.9 Å². The van der Waals surface area contributed by atoms with Crippen molar-refractivity contribution in [1.29, 1.82) is 0 Å². The van der Waals surface area contributed by atoms with Crippen LogP contribution in [-0.4, -0.2) is 21.9 Å². The molecule has 0 saturated heterocycles. The van der Waals surface area contributed by atoms with Gasteiger partial charge in [0, 0.05) is 6.54 Å². The van der Waals surface area contributed by atoms with E-state index in [1.54, 1.807) is 0 Å². The molecule has 5 heteroatoms. The summed E-state index contributed by atoms with van der Waals surface area (Å²) >= 11 is -1.87. The molecule has 0 aromatic rings. The van der Waals surface area contributed by atoms with E-state index in [-0.39, 0.29) is 0 Å². The molecule has 1 aliphatic rings. The Labute approximate surface area is 75.3 Å². The van der Waals surface area contributed by atoms with Crippen LogP contribution in [0.25, 0.3) is 0 Å². The molecule has 72 valence electrons. The lowest BCUT2D eigenvalue weighted by molar-refractivity contribution is 0.391. The summed E-state index contributed by atoms with van der Waals surface area (Å²) in [4.78, 5) is 0. The first-order chi connectivity index (χ1) is 5.74. The molecule has 0 aliphatic heterocycles. The zero-order valence-electron chi connectivity index (χ0n) is 7.03.